The molecule has 3 heteroatoms. The smallest absolute Gasteiger partial charge is 0.115 e. The van der Waals surface area contributed by atoms with Crippen LogP contribution in [-0.2, 0) is 5.41 Å². The molecule has 1 aromatic carbocycles. The molecule has 1 saturated carbocycles. The summed E-state index contributed by atoms with van der Waals surface area (Å²) in [7, 11) is 0. The zero-order valence-electron chi connectivity index (χ0n) is 9.58. The van der Waals surface area contributed by atoms with Gasteiger partial charge in [-0.2, -0.15) is 0 Å². The first-order valence-electron chi connectivity index (χ1n) is 5.89. The maximum Gasteiger partial charge on any atom is 0.115 e. The second-order valence-electron chi connectivity index (χ2n) is 4.67. The summed E-state index contributed by atoms with van der Waals surface area (Å²) in [5.74, 6) is 0. The van der Waals surface area contributed by atoms with Crippen molar-refractivity contribution in [1.82, 2.24) is 9.97 Å². The minimum Gasteiger partial charge on any atom is -0.323 e. The monoisotopic (exact) mass is 225 g/mol. The van der Waals surface area contributed by atoms with E-state index in [2.05, 4.69) is 34.2 Å². The van der Waals surface area contributed by atoms with Gasteiger partial charge >= 0.3 is 0 Å². The zero-order chi connectivity index (χ0) is 11.7. The molecule has 0 bridgehead atoms. The largest absolute Gasteiger partial charge is 0.323 e. The van der Waals surface area contributed by atoms with E-state index in [4.69, 9.17) is 5.73 Å². The Morgan fingerprint density at radius 2 is 1.71 bits per heavy atom. The predicted octanol–water partition coefficient (Wildman–Crippen LogP) is 2.21. The van der Waals surface area contributed by atoms with Crippen LogP contribution in [0.25, 0.3) is 0 Å². The number of benzene rings is 1. The van der Waals surface area contributed by atoms with Crippen LogP contribution in [0.15, 0.2) is 49.1 Å². The molecular formula is C14H15N3. The average Bonchev–Trinajstić information content (AvgIpc) is 3.21. The molecule has 1 unspecified atom stereocenters. The van der Waals surface area contributed by atoms with E-state index in [9.17, 15) is 0 Å². The van der Waals surface area contributed by atoms with Crippen LogP contribution < -0.4 is 5.73 Å². The van der Waals surface area contributed by atoms with Crippen molar-refractivity contribution >= 4 is 0 Å². The molecule has 0 aliphatic heterocycles. The van der Waals surface area contributed by atoms with Crippen LogP contribution >= 0.6 is 0 Å². The van der Waals surface area contributed by atoms with Gasteiger partial charge in [0.05, 0.1) is 0 Å². The molecule has 1 aliphatic rings. The van der Waals surface area contributed by atoms with Gasteiger partial charge in [0.15, 0.2) is 0 Å². The molecule has 2 aromatic rings. The summed E-state index contributed by atoms with van der Waals surface area (Å²) in [6.07, 6.45) is 7.47. The van der Waals surface area contributed by atoms with E-state index in [1.54, 1.807) is 0 Å². The third kappa shape index (κ3) is 1.72. The first-order valence-corrected chi connectivity index (χ1v) is 5.89. The van der Waals surface area contributed by atoms with Crippen LogP contribution in [0, 0.1) is 0 Å². The molecule has 1 fully saturated rings. The number of rotatable bonds is 3. The van der Waals surface area contributed by atoms with Gasteiger partial charge in [-0.15, -0.1) is 0 Å². The third-order valence-electron chi connectivity index (χ3n) is 3.67. The summed E-state index contributed by atoms with van der Waals surface area (Å²) in [5, 5.41) is 0. The van der Waals surface area contributed by atoms with E-state index in [0.29, 0.717) is 0 Å². The molecular weight excluding hydrogens is 210 g/mol. The van der Waals surface area contributed by atoms with Crippen molar-refractivity contribution in [3.63, 3.8) is 0 Å². The fourth-order valence-corrected chi connectivity index (χ4v) is 2.47. The minimum absolute atomic E-state index is 0.00824. The fraction of sp³-hybridized carbons (Fsp3) is 0.286. The standard InChI is InChI=1S/C14H15N3/c15-13(11-8-16-10-17-9-11)14(6-7-14)12-4-2-1-3-5-12/h1-5,8-10,13H,6-7,15H2. The van der Waals surface area contributed by atoms with Crippen molar-refractivity contribution in [2.24, 2.45) is 5.73 Å². The van der Waals surface area contributed by atoms with Gasteiger partial charge in [0.2, 0.25) is 0 Å². The van der Waals surface area contributed by atoms with Gasteiger partial charge in [-0.25, -0.2) is 9.97 Å². The molecule has 1 heterocycles. The maximum atomic E-state index is 6.39. The number of hydrogen-bond donors (Lipinski definition) is 1. The summed E-state index contributed by atoms with van der Waals surface area (Å²) in [5.41, 5.74) is 8.84. The Balaban J connectivity index is 1.95. The second-order valence-corrected chi connectivity index (χ2v) is 4.67. The molecule has 0 saturated heterocycles. The topological polar surface area (TPSA) is 51.8 Å². The quantitative estimate of drug-likeness (QED) is 0.871. The summed E-state index contributed by atoms with van der Waals surface area (Å²) in [6.45, 7) is 0. The zero-order valence-corrected chi connectivity index (χ0v) is 9.58. The average molecular weight is 225 g/mol. The molecule has 0 amide bonds. The van der Waals surface area contributed by atoms with Crippen molar-refractivity contribution in [1.29, 1.82) is 0 Å². The highest BCUT2D eigenvalue weighted by Gasteiger charge is 2.49. The second kappa shape index (κ2) is 3.93. The van der Waals surface area contributed by atoms with E-state index < -0.39 is 0 Å². The number of aromatic nitrogens is 2. The van der Waals surface area contributed by atoms with Crippen molar-refractivity contribution in [2.75, 3.05) is 0 Å². The number of nitrogens with zero attached hydrogens (tertiary/aromatic N) is 2. The van der Waals surface area contributed by atoms with E-state index in [1.165, 1.54) is 11.9 Å². The van der Waals surface area contributed by atoms with Crippen LogP contribution in [0.3, 0.4) is 0 Å². The molecule has 3 nitrogen and oxygen atoms in total. The number of nitrogens with two attached hydrogens (primary N) is 1. The van der Waals surface area contributed by atoms with Gasteiger partial charge in [0.25, 0.3) is 0 Å². The summed E-state index contributed by atoms with van der Waals surface area (Å²) < 4.78 is 0. The molecule has 2 N–H and O–H groups in total. The van der Waals surface area contributed by atoms with E-state index >= 15 is 0 Å². The minimum atomic E-state index is -0.00824. The molecule has 1 aliphatic carbocycles. The first kappa shape index (κ1) is 10.4. The lowest BCUT2D eigenvalue weighted by molar-refractivity contribution is 0.538. The molecule has 0 radical (unpaired) electrons. The first-order chi connectivity index (χ1) is 8.33. The highest BCUT2D eigenvalue weighted by atomic mass is 14.8. The van der Waals surface area contributed by atoms with Crippen molar-refractivity contribution in [3.8, 4) is 0 Å². The molecule has 86 valence electrons. The summed E-state index contributed by atoms with van der Waals surface area (Å²) >= 11 is 0. The molecule has 1 aromatic heterocycles. The van der Waals surface area contributed by atoms with Gasteiger partial charge < -0.3 is 5.73 Å². The lowest BCUT2D eigenvalue weighted by atomic mass is 9.85. The van der Waals surface area contributed by atoms with Gasteiger partial charge in [-0.3, -0.25) is 0 Å². The van der Waals surface area contributed by atoms with Crippen LogP contribution in [0.2, 0.25) is 0 Å². The van der Waals surface area contributed by atoms with Crippen molar-refractivity contribution in [3.05, 3.63) is 60.2 Å². The van der Waals surface area contributed by atoms with Crippen LogP contribution in [0.1, 0.15) is 30.0 Å². The van der Waals surface area contributed by atoms with Crippen LogP contribution in [0.5, 0.6) is 0 Å². The molecule has 0 spiro atoms. The number of hydrogen-bond acceptors (Lipinski definition) is 3. The highest BCUT2D eigenvalue weighted by Crippen LogP contribution is 2.55. The van der Waals surface area contributed by atoms with Crippen LogP contribution in [0.4, 0.5) is 0 Å². The van der Waals surface area contributed by atoms with Crippen LogP contribution in [-0.4, -0.2) is 9.97 Å². The molecule has 1 atom stereocenters. The van der Waals surface area contributed by atoms with Crippen molar-refractivity contribution in [2.45, 2.75) is 24.3 Å². The third-order valence-corrected chi connectivity index (χ3v) is 3.67. The van der Waals surface area contributed by atoms with E-state index in [1.807, 2.05) is 18.5 Å². The van der Waals surface area contributed by atoms with Crippen molar-refractivity contribution < 1.29 is 0 Å². The Hall–Kier alpha value is -1.74. The van der Waals surface area contributed by atoms with Gasteiger partial charge in [-0.1, -0.05) is 30.3 Å². The lowest BCUT2D eigenvalue weighted by Gasteiger charge is -2.23. The summed E-state index contributed by atoms with van der Waals surface area (Å²) in [4.78, 5) is 8.10. The fourth-order valence-electron chi connectivity index (χ4n) is 2.47. The van der Waals surface area contributed by atoms with Gasteiger partial charge in [-0.05, 0) is 18.4 Å². The van der Waals surface area contributed by atoms with E-state index in [-0.39, 0.29) is 11.5 Å². The Bertz CT molecular complexity index is 491. The predicted molar refractivity (Wildman–Crippen MR) is 66.3 cm³/mol. The Labute approximate surface area is 101 Å². The van der Waals surface area contributed by atoms with Gasteiger partial charge in [0.1, 0.15) is 6.33 Å². The highest BCUT2D eigenvalue weighted by molar-refractivity contribution is 5.36. The molecule has 17 heavy (non-hydrogen) atoms. The normalized spacial score (nSPS) is 18.6. The Morgan fingerprint density at radius 3 is 2.29 bits per heavy atom. The summed E-state index contributed by atoms with van der Waals surface area (Å²) in [6, 6.07) is 10.5. The maximum absolute atomic E-state index is 6.39. The SMILES string of the molecule is NC(c1cncnc1)C1(c2ccccc2)CC1. The Kier molecular flexibility index (Phi) is 2.41. The lowest BCUT2D eigenvalue weighted by Crippen LogP contribution is -2.26. The van der Waals surface area contributed by atoms with Gasteiger partial charge in [0, 0.05) is 29.4 Å². The van der Waals surface area contributed by atoms with E-state index in [0.717, 1.165) is 18.4 Å². The molecule has 3 rings (SSSR count). The Morgan fingerprint density at radius 1 is 1.06 bits per heavy atom.